The molecule has 0 spiro atoms. The lowest BCUT2D eigenvalue weighted by Crippen LogP contribution is -2.26. The van der Waals surface area contributed by atoms with Crippen molar-refractivity contribution in [2.75, 3.05) is 6.54 Å². The van der Waals surface area contributed by atoms with Crippen molar-refractivity contribution in [3.63, 3.8) is 0 Å². The molecule has 0 radical (unpaired) electrons. The van der Waals surface area contributed by atoms with Crippen molar-refractivity contribution in [1.82, 2.24) is 5.43 Å². The van der Waals surface area contributed by atoms with Gasteiger partial charge in [0.15, 0.2) is 0 Å². The summed E-state index contributed by atoms with van der Waals surface area (Å²) >= 11 is 0. The predicted molar refractivity (Wildman–Crippen MR) is 67.4 cm³/mol. The standard InChI is InChI=1S/C10H16N4.HNO3/c11-10(12)14-13-8-4-7-9-5-2-1-3-6-9;2-1(3)4/h1-3,5-6,13H,4,7-8H2,(H4,11,12,14);(H,2,3,4). The number of nitrogens with one attached hydrogen (secondary N) is 1. The Morgan fingerprint density at radius 2 is 1.94 bits per heavy atom. The molecule has 0 aliphatic carbocycles. The monoisotopic (exact) mass is 255 g/mol. The highest BCUT2D eigenvalue weighted by Gasteiger charge is 1.90. The zero-order valence-electron chi connectivity index (χ0n) is 9.82. The first kappa shape index (κ1) is 15.5. The second kappa shape index (κ2) is 9.70. The van der Waals surface area contributed by atoms with Crippen molar-refractivity contribution >= 4 is 5.96 Å². The first-order valence-corrected chi connectivity index (χ1v) is 5.21. The normalized spacial score (nSPS) is 8.67. The van der Waals surface area contributed by atoms with Crippen LogP contribution in [-0.2, 0) is 6.42 Å². The van der Waals surface area contributed by atoms with Crippen LogP contribution >= 0.6 is 0 Å². The molecule has 0 saturated carbocycles. The van der Waals surface area contributed by atoms with Gasteiger partial charge in [-0.3, -0.25) is 0 Å². The van der Waals surface area contributed by atoms with Crippen LogP contribution in [0.3, 0.4) is 0 Å². The molecule has 18 heavy (non-hydrogen) atoms. The van der Waals surface area contributed by atoms with Crippen LogP contribution in [0.15, 0.2) is 35.4 Å². The lowest BCUT2D eigenvalue weighted by atomic mass is 10.1. The average Bonchev–Trinajstić information content (AvgIpc) is 2.29. The van der Waals surface area contributed by atoms with E-state index < -0.39 is 5.09 Å². The molecule has 0 fully saturated rings. The van der Waals surface area contributed by atoms with Crippen molar-refractivity contribution in [3.05, 3.63) is 46.0 Å². The Labute approximate surface area is 104 Å². The van der Waals surface area contributed by atoms with Gasteiger partial charge in [-0.1, -0.05) is 30.3 Å². The lowest BCUT2D eigenvalue weighted by Gasteiger charge is -2.01. The van der Waals surface area contributed by atoms with Gasteiger partial charge in [0.25, 0.3) is 5.09 Å². The van der Waals surface area contributed by atoms with Crippen molar-refractivity contribution in [2.45, 2.75) is 12.8 Å². The Kier molecular flexibility index (Phi) is 8.35. The highest BCUT2D eigenvalue weighted by Crippen LogP contribution is 2.01. The number of hydrazone groups is 1. The molecule has 6 N–H and O–H groups in total. The molecule has 0 unspecified atom stereocenters. The Morgan fingerprint density at radius 1 is 1.39 bits per heavy atom. The summed E-state index contributed by atoms with van der Waals surface area (Å²) in [5.41, 5.74) is 14.4. The van der Waals surface area contributed by atoms with E-state index in [9.17, 15) is 0 Å². The number of rotatable bonds is 5. The van der Waals surface area contributed by atoms with Gasteiger partial charge in [-0.25, -0.2) is 0 Å². The van der Waals surface area contributed by atoms with Gasteiger partial charge in [0.2, 0.25) is 5.96 Å². The van der Waals surface area contributed by atoms with Crippen LogP contribution in [0, 0.1) is 10.1 Å². The van der Waals surface area contributed by atoms with Gasteiger partial charge < -0.3 is 22.1 Å². The number of guanidine groups is 1. The Morgan fingerprint density at radius 3 is 2.44 bits per heavy atom. The van der Waals surface area contributed by atoms with Gasteiger partial charge >= 0.3 is 0 Å². The van der Waals surface area contributed by atoms with Gasteiger partial charge in [0, 0.05) is 6.54 Å². The van der Waals surface area contributed by atoms with Crippen molar-refractivity contribution in [2.24, 2.45) is 16.6 Å². The van der Waals surface area contributed by atoms with Crippen LogP contribution in [0.5, 0.6) is 0 Å². The molecule has 1 aromatic rings. The summed E-state index contributed by atoms with van der Waals surface area (Å²) in [4.78, 5) is 8.36. The number of nitrogens with two attached hydrogens (primary N) is 2. The summed E-state index contributed by atoms with van der Waals surface area (Å²) in [6.45, 7) is 0.785. The Hall–Kier alpha value is -2.51. The van der Waals surface area contributed by atoms with Crippen LogP contribution < -0.4 is 16.9 Å². The van der Waals surface area contributed by atoms with Crippen LogP contribution in [-0.4, -0.2) is 22.8 Å². The van der Waals surface area contributed by atoms with Crippen molar-refractivity contribution in [3.8, 4) is 0 Å². The first-order chi connectivity index (χ1) is 8.52. The fraction of sp³-hybridized carbons (Fsp3) is 0.300. The number of hydrogen-bond acceptors (Lipinski definition) is 4. The second-order valence-corrected chi connectivity index (χ2v) is 3.27. The molecule has 0 saturated heterocycles. The van der Waals surface area contributed by atoms with Gasteiger partial charge in [0.1, 0.15) is 0 Å². The van der Waals surface area contributed by atoms with E-state index in [2.05, 4.69) is 22.7 Å². The van der Waals surface area contributed by atoms with E-state index in [4.69, 9.17) is 26.8 Å². The molecule has 100 valence electrons. The van der Waals surface area contributed by atoms with Gasteiger partial charge in [0.05, 0.1) is 0 Å². The highest BCUT2D eigenvalue weighted by atomic mass is 16.9. The zero-order chi connectivity index (χ0) is 13.8. The van der Waals surface area contributed by atoms with E-state index in [0.717, 1.165) is 19.4 Å². The third-order valence-electron chi connectivity index (χ3n) is 1.81. The lowest BCUT2D eigenvalue weighted by molar-refractivity contribution is -0.742. The maximum Gasteiger partial charge on any atom is 0.291 e. The van der Waals surface area contributed by atoms with Crippen LogP contribution in [0.25, 0.3) is 0 Å². The second-order valence-electron chi connectivity index (χ2n) is 3.27. The molecule has 0 amide bonds. The van der Waals surface area contributed by atoms with Gasteiger partial charge in [-0.2, -0.15) is 0 Å². The highest BCUT2D eigenvalue weighted by molar-refractivity contribution is 5.75. The summed E-state index contributed by atoms with van der Waals surface area (Å²) < 4.78 is 0. The minimum atomic E-state index is -1.50. The number of benzene rings is 1. The number of aryl methyl sites for hydroxylation is 1. The predicted octanol–water partition coefficient (Wildman–Crippen LogP) is 0.0495. The smallest absolute Gasteiger partial charge is 0.291 e. The molecule has 8 heteroatoms. The van der Waals surface area contributed by atoms with E-state index >= 15 is 0 Å². The summed E-state index contributed by atoms with van der Waals surface area (Å²) in [7, 11) is 0. The number of hydrogen-bond donors (Lipinski definition) is 4. The molecule has 0 aromatic heterocycles. The van der Waals surface area contributed by atoms with Crippen LogP contribution in [0.1, 0.15) is 12.0 Å². The topological polar surface area (TPSA) is 140 Å². The van der Waals surface area contributed by atoms with E-state index in [1.165, 1.54) is 5.56 Å². The van der Waals surface area contributed by atoms with Crippen LogP contribution in [0.2, 0.25) is 0 Å². The quantitative estimate of drug-likeness (QED) is 0.193. The summed E-state index contributed by atoms with van der Waals surface area (Å²) in [6, 6.07) is 10.3. The SMILES string of the molecule is NC(N)=NNCCCc1ccccc1.O=[N+]([O-])O. The third kappa shape index (κ3) is 11.6. The molecule has 8 nitrogen and oxygen atoms in total. The van der Waals surface area contributed by atoms with Crippen molar-refractivity contribution in [1.29, 1.82) is 0 Å². The fourth-order valence-corrected chi connectivity index (χ4v) is 1.16. The van der Waals surface area contributed by atoms with Gasteiger partial charge in [-0.05, 0) is 18.4 Å². The summed E-state index contributed by atoms with van der Waals surface area (Å²) in [6.07, 6.45) is 2.05. The molecule has 0 bridgehead atoms. The van der Waals surface area contributed by atoms with Gasteiger partial charge in [-0.15, -0.1) is 15.2 Å². The average molecular weight is 255 g/mol. The summed E-state index contributed by atoms with van der Waals surface area (Å²) in [5.74, 6) is 0.0738. The third-order valence-corrected chi connectivity index (χ3v) is 1.81. The molecule has 0 aliphatic heterocycles. The molecule has 1 rings (SSSR count). The maximum atomic E-state index is 8.36. The molecule has 0 heterocycles. The van der Waals surface area contributed by atoms with E-state index in [0.29, 0.717) is 0 Å². The Balaban J connectivity index is 0.000000631. The summed E-state index contributed by atoms with van der Waals surface area (Å²) in [5, 5.41) is 17.3. The van der Waals surface area contributed by atoms with E-state index in [-0.39, 0.29) is 5.96 Å². The molecular weight excluding hydrogens is 238 g/mol. The molecule has 0 atom stereocenters. The molecule has 0 aliphatic rings. The van der Waals surface area contributed by atoms with E-state index in [1.54, 1.807) is 0 Å². The fourth-order valence-electron chi connectivity index (χ4n) is 1.16. The largest absolute Gasteiger partial charge is 0.369 e. The van der Waals surface area contributed by atoms with Crippen molar-refractivity contribution < 1.29 is 10.3 Å². The Bertz CT molecular complexity index is 361. The molecular formula is C10H17N5O3. The zero-order valence-corrected chi connectivity index (χ0v) is 9.82. The first-order valence-electron chi connectivity index (χ1n) is 5.21. The minimum absolute atomic E-state index is 0.0738. The molecule has 1 aromatic carbocycles. The minimum Gasteiger partial charge on any atom is -0.369 e. The number of nitrogens with zero attached hydrogens (tertiary/aromatic N) is 2. The maximum absolute atomic E-state index is 8.36. The van der Waals surface area contributed by atoms with E-state index in [1.807, 2.05) is 18.2 Å². The van der Waals surface area contributed by atoms with Crippen LogP contribution in [0.4, 0.5) is 0 Å².